The SMILES string of the molecule is COc1ccc(Nc2ncnc(NC3CCOCC3)c2C(=N)c2ccc(Oc3ccccc3)cc2)cc1. The molecule has 5 rings (SSSR count). The quantitative estimate of drug-likeness (QED) is 0.244. The minimum Gasteiger partial charge on any atom is -0.497 e. The van der Waals surface area contributed by atoms with Crippen molar-refractivity contribution in [1.82, 2.24) is 9.97 Å². The number of hydrogen-bond donors (Lipinski definition) is 3. The van der Waals surface area contributed by atoms with Crippen molar-refractivity contribution < 1.29 is 14.2 Å². The van der Waals surface area contributed by atoms with Crippen LogP contribution in [-0.2, 0) is 4.74 Å². The molecule has 0 atom stereocenters. The van der Waals surface area contributed by atoms with Crippen molar-refractivity contribution in [1.29, 1.82) is 5.41 Å². The number of hydrogen-bond acceptors (Lipinski definition) is 8. The predicted octanol–water partition coefficient (Wildman–Crippen LogP) is 6.03. The van der Waals surface area contributed by atoms with Crippen LogP contribution in [0.25, 0.3) is 0 Å². The van der Waals surface area contributed by atoms with Gasteiger partial charge in [0.15, 0.2) is 0 Å². The van der Waals surface area contributed by atoms with Crippen LogP contribution in [0.4, 0.5) is 17.3 Å². The highest BCUT2D eigenvalue weighted by atomic mass is 16.5. The van der Waals surface area contributed by atoms with Gasteiger partial charge >= 0.3 is 0 Å². The van der Waals surface area contributed by atoms with Gasteiger partial charge in [-0.2, -0.15) is 0 Å². The number of rotatable bonds is 9. The smallest absolute Gasteiger partial charge is 0.145 e. The lowest BCUT2D eigenvalue weighted by Crippen LogP contribution is -2.29. The summed E-state index contributed by atoms with van der Waals surface area (Å²) in [5.41, 5.74) is 2.46. The van der Waals surface area contributed by atoms with Crippen LogP contribution in [0.15, 0.2) is 85.2 Å². The third-order valence-electron chi connectivity index (χ3n) is 6.13. The third kappa shape index (κ3) is 6.05. The molecule has 1 aromatic heterocycles. The number of benzene rings is 3. The molecule has 2 heterocycles. The summed E-state index contributed by atoms with van der Waals surface area (Å²) in [6.07, 6.45) is 3.27. The van der Waals surface area contributed by atoms with E-state index in [9.17, 15) is 0 Å². The molecule has 3 N–H and O–H groups in total. The Balaban J connectivity index is 1.44. The summed E-state index contributed by atoms with van der Waals surface area (Å²) < 4.78 is 16.7. The molecule has 188 valence electrons. The number of ether oxygens (including phenoxy) is 3. The molecule has 0 spiro atoms. The average molecular weight is 496 g/mol. The first-order valence-corrected chi connectivity index (χ1v) is 12.2. The van der Waals surface area contributed by atoms with Crippen LogP contribution in [0.2, 0.25) is 0 Å². The van der Waals surface area contributed by atoms with Crippen molar-refractivity contribution in [2.45, 2.75) is 18.9 Å². The van der Waals surface area contributed by atoms with Crippen LogP contribution < -0.4 is 20.1 Å². The number of nitrogens with zero attached hydrogens (tertiary/aromatic N) is 2. The Morgan fingerprint density at radius 2 is 1.49 bits per heavy atom. The fourth-order valence-corrected chi connectivity index (χ4v) is 4.13. The summed E-state index contributed by atoms with van der Waals surface area (Å²) in [7, 11) is 1.64. The first-order valence-electron chi connectivity index (χ1n) is 12.2. The molecule has 0 radical (unpaired) electrons. The Morgan fingerprint density at radius 1 is 0.838 bits per heavy atom. The van der Waals surface area contributed by atoms with Crippen molar-refractivity contribution in [2.24, 2.45) is 0 Å². The van der Waals surface area contributed by atoms with Crippen molar-refractivity contribution in [2.75, 3.05) is 31.0 Å². The van der Waals surface area contributed by atoms with Crippen LogP contribution >= 0.6 is 0 Å². The van der Waals surface area contributed by atoms with Gasteiger partial charge in [-0.25, -0.2) is 9.97 Å². The summed E-state index contributed by atoms with van der Waals surface area (Å²) in [6.45, 7) is 1.41. The lowest BCUT2D eigenvalue weighted by molar-refractivity contribution is 0.0904. The van der Waals surface area contributed by atoms with Gasteiger partial charge in [0.25, 0.3) is 0 Å². The van der Waals surface area contributed by atoms with Gasteiger partial charge in [-0.05, 0) is 73.5 Å². The Morgan fingerprint density at radius 3 is 2.19 bits per heavy atom. The molecular formula is C29H29N5O3. The van der Waals surface area contributed by atoms with E-state index in [1.807, 2.05) is 78.9 Å². The fourth-order valence-electron chi connectivity index (χ4n) is 4.13. The predicted molar refractivity (Wildman–Crippen MR) is 145 cm³/mol. The van der Waals surface area contributed by atoms with E-state index in [1.54, 1.807) is 7.11 Å². The number of anilines is 3. The van der Waals surface area contributed by atoms with Gasteiger partial charge < -0.3 is 24.8 Å². The topological polar surface area (TPSA) is 101 Å². The second kappa shape index (κ2) is 11.5. The van der Waals surface area contributed by atoms with E-state index in [0.29, 0.717) is 41.9 Å². The van der Waals surface area contributed by atoms with Gasteiger partial charge in [0.05, 0.1) is 18.4 Å². The summed E-state index contributed by atoms with van der Waals surface area (Å²) in [5.74, 6) is 3.39. The highest BCUT2D eigenvalue weighted by Crippen LogP contribution is 2.30. The largest absolute Gasteiger partial charge is 0.497 e. The zero-order valence-electron chi connectivity index (χ0n) is 20.6. The van der Waals surface area contributed by atoms with Gasteiger partial charge in [0.1, 0.15) is 35.2 Å². The molecule has 0 unspecified atom stereocenters. The second-order valence-electron chi connectivity index (χ2n) is 8.64. The van der Waals surface area contributed by atoms with Crippen molar-refractivity contribution in [3.8, 4) is 17.2 Å². The van der Waals surface area contributed by atoms with E-state index < -0.39 is 0 Å². The summed E-state index contributed by atoms with van der Waals surface area (Å²) in [6, 6.07) is 24.9. The molecule has 37 heavy (non-hydrogen) atoms. The van der Waals surface area contributed by atoms with Crippen molar-refractivity contribution in [3.63, 3.8) is 0 Å². The molecule has 0 aliphatic carbocycles. The van der Waals surface area contributed by atoms with Gasteiger partial charge in [0.2, 0.25) is 0 Å². The van der Waals surface area contributed by atoms with E-state index in [1.165, 1.54) is 6.33 Å². The van der Waals surface area contributed by atoms with E-state index >= 15 is 0 Å². The van der Waals surface area contributed by atoms with E-state index in [4.69, 9.17) is 19.6 Å². The normalized spacial score (nSPS) is 13.5. The molecule has 8 heteroatoms. The molecule has 4 aromatic rings. The molecule has 0 saturated carbocycles. The molecule has 3 aromatic carbocycles. The monoisotopic (exact) mass is 495 g/mol. The first-order chi connectivity index (χ1) is 18.2. The Bertz CT molecular complexity index is 1320. The maximum atomic E-state index is 9.15. The second-order valence-corrected chi connectivity index (χ2v) is 8.64. The number of aromatic nitrogens is 2. The molecule has 8 nitrogen and oxygen atoms in total. The van der Waals surface area contributed by atoms with Gasteiger partial charge in [0, 0.05) is 30.5 Å². The summed E-state index contributed by atoms with van der Waals surface area (Å²) in [4.78, 5) is 9.04. The van der Waals surface area contributed by atoms with Gasteiger partial charge in [-0.3, -0.25) is 5.41 Å². The van der Waals surface area contributed by atoms with E-state index in [-0.39, 0.29) is 6.04 Å². The Kier molecular flexibility index (Phi) is 7.57. The maximum absolute atomic E-state index is 9.15. The average Bonchev–Trinajstić information content (AvgIpc) is 2.95. The standard InChI is InChI=1S/C29H29N5O3/c1-35-23-13-9-21(10-14-23)33-28-26(29(32-19-31-28)34-22-15-17-36-18-16-22)27(30)20-7-11-25(12-8-20)37-24-5-3-2-4-6-24/h2-14,19,22,30H,15-18H2,1H3,(H2,31,32,33,34). The number of para-hydroxylation sites is 1. The van der Waals surface area contributed by atoms with Crippen LogP contribution in [-0.4, -0.2) is 42.0 Å². The molecule has 1 saturated heterocycles. The van der Waals surface area contributed by atoms with Crippen molar-refractivity contribution in [3.05, 3.63) is 96.3 Å². The van der Waals surface area contributed by atoms with Crippen LogP contribution in [0.3, 0.4) is 0 Å². The zero-order valence-corrected chi connectivity index (χ0v) is 20.6. The minimum atomic E-state index is 0.214. The van der Waals surface area contributed by atoms with Crippen LogP contribution in [0.1, 0.15) is 24.0 Å². The Labute approximate surface area is 216 Å². The molecule has 1 aliphatic heterocycles. The first kappa shape index (κ1) is 24.3. The molecule has 1 aliphatic rings. The number of methoxy groups -OCH3 is 1. The Hall–Kier alpha value is -4.43. The minimum absolute atomic E-state index is 0.214. The zero-order chi connectivity index (χ0) is 25.5. The van der Waals surface area contributed by atoms with Crippen LogP contribution in [0.5, 0.6) is 17.2 Å². The van der Waals surface area contributed by atoms with E-state index in [0.717, 1.165) is 35.6 Å². The summed E-state index contributed by atoms with van der Waals surface area (Å²) >= 11 is 0. The third-order valence-corrected chi connectivity index (χ3v) is 6.13. The maximum Gasteiger partial charge on any atom is 0.145 e. The molecule has 0 amide bonds. The highest BCUT2D eigenvalue weighted by Gasteiger charge is 2.22. The van der Waals surface area contributed by atoms with Crippen molar-refractivity contribution >= 4 is 23.0 Å². The summed E-state index contributed by atoms with van der Waals surface area (Å²) in [5, 5.41) is 16.0. The molecule has 1 fully saturated rings. The van der Waals surface area contributed by atoms with Gasteiger partial charge in [-0.15, -0.1) is 0 Å². The lowest BCUT2D eigenvalue weighted by atomic mass is 10.0. The highest BCUT2D eigenvalue weighted by molar-refractivity contribution is 6.16. The molecule has 0 bridgehead atoms. The van der Waals surface area contributed by atoms with E-state index in [2.05, 4.69) is 20.6 Å². The lowest BCUT2D eigenvalue weighted by Gasteiger charge is -2.25. The van der Waals surface area contributed by atoms with Crippen LogP contribution in [0, 0.1) is 5.41 Å². The number of nitrogens with one attached hydrogen (secondary N) is 3. The molecular weight excluding hydrogens is 466 g/mol. The fraction of sp³-hybridized carbons (Fsp3) is 0.207. The van der Waals surface area contributed by atoms with Gasteiger partial charge in [-0.1, -0.05) is 18.2 Å².